The van der Waals surface area contributed by atoms with Crippen molar-refractivity contribution in [2.24, 2.45) is 5.92 Å². The largest absolute Gasteiger partial charge is 0.339 e. The molecule has 0 spiro atoms. The first-order chi connectivity index (χ1) is 12.2. The summed E-state index contributed by atoms with van der Waals surface area (Å²) < 4.78 is 0. The number of H-pyrrole nitrogens is 1. The molecule has 0 aromatic carbocycles. The zero-order valence-corrected chi connectivity index (χ0v) is 14.6. The lowest BCUT2D eigenvalue weighted by Gasteiger charge is -2.40. The van der Waals surface area contributed by atoms with Crippen molar-refractivity contribution in [3.8, 4) is 0 Å². The fourth-order valence-corrected chi connectivity index (χ4v) is 4.39. The summed E-state index contributed by atoms with van der Waals surface area (Å²) in [4.78, 5) is 35.5. The van der Waals surface area contributed by atoms with E-state index in [9.17, 15) is 9.59 Å². The lowest BCUT2D eigenvalue weighted by molar-refractivity contribution is -0.145. The molecule has 3 fully saturated rings. The van der Waals surface area contributed by atoms with Gasteiger partial charge in [0, 0.05) is 45.2 Å². The number of piperidine rings is 1. The number of likely N-dealkylation sites (tertiary alicyclic amines) is 1. The molecule has 1 aromatic rings. The third-order valence-corrected chi connectivity index (χ3v) is 5.85. The minimum atomic E-state index is -0.0323. The maximum absolute atomic E-state index is 12.9. The van der Waals surface area contributed by atoms with Crippen molar-refractivity contribution in [2.75, 3.05) is 37.6 Å². The first-order valence-electron chi connectivity index (χ1n) is 9.41. The number of aromatic nitrogens is 3. The molecule has 2 saturated heterocycles. The fraction of sp³-hybridized carbons (Fsp3) is 0.765. The van der Waals surface area contributed by atoms with Crippen LogP contribution in [0.5, 0.6) is 0 Å². The Morgan fingerprint density at radius 1 is 1.12 bits per heavy atom. The number of nitrogens with one attached hydrogen (secondary N) is 1. The third-order valence-electron chi connectivity index (χ3n) is 5.85. The molecule has 1 saturated carbocycles. The van der Waals surface area contributed by atoms with E-state index in [0.717, 1.165) is 31.9 Å². The smallest absolute Gasteiger partial charge is 0.227 e. The maximum atomic E-state index is 12.9. The van der Waals surface area contributed by atoms with E-state index in [0.29, 0.717) is 38.5 Å². The highest BCUT2D eigenvalue weighted by atomic mass is 16.2. The van der Waals surface area contributed by atoms with Crippen molar-refractivity contribution in [1.29, 1.82) is 0 Å². The zero-order valence-electron chi connectivity index (χ0n) is 14.6. The first-order valence-corrected chi connectivity index (χ1v) is 9.41. The summed E-state index contributed by atoms with van der Waals surface area (Å²) in [5, 5.41) is 6.76. The molecule has 25 heavy (non-hydrogen) atoms. The van der Waals surface area contributed by atoms with Crippen molar-refractivity contribution in [3.05, 3.63) is 6.33 Å². The second kappa shape index (κ2) is 7.01. The Hall–Kier alpha value is -2.12. The normalized spacial score (nSPS) is 25.7. The Labute approximate surface area is 147 Å². The lowest BCUT2D eigenvalue weighted by atomic mass is 9.94. The number of aromatic amines is 1. The number of rotatable bonds is 3. The summed E-state index contributed by atoms with van der Waals surface area (Å²) >= 11 is 0. The second-order valence-corrected chi connectivity index (χ2v) is 7.34. The molecular formula is C17H26N6O2. The van der Waals surface area contributed by atoms with Gasteiger partial charge in [-0.05, 0) is 19.3 Å². The molecule has 8 heteroatoms. The summed E-state index contributed by atoms with van der Waals surface area (Å²) in [6.07, 6.45) is 7.33. The van der Waals surface area contributed by atoms with Crippen molar-refractivity contribution in [2.45, 2.75) is 44.6 Å². The molecule has 3 heterocycles. The molecule has 1 aromatic heterocycles. The highest BCUT2D eigenvalue weighted by Crippen LogP contribution is 2.29. The minimum Gasteiger partial charge on any atom is -0.339 e. The zero-order chi connectivity index (χ0) is 17.2. The van der Waals surface area contributed by atoms with Gasteiger partial charge in [0.2, 0.25) is 17.8 Å². The Morgan fingerprint density at radius 3 is 2.56 bits per heavy atom. The maximum Gasteiger partial charge on any atom is 0.227 e. The SMILES string of the molecule is O=C(C1CCC(=O)N(C2CCCC2)C1)N1CCN(c2ncn[nH]2)CC1. The fourth-order valence-electron chi connectivity index (χ4n) is 4.39. The van der Waals surface area contributed by atoms with Gasteiger partial charge in [0.1, 0.15) is 6.33 Å². The van der Waals surface area contributed by atoms with E-state index < -0.39 is 0 Å². The van der Waals surface area contributed by atoms with Crippen LogP contribution in [0.25, 0.3) is 0 Å². The van der Waals surface area contributed by atoms with E-state index in [-0.39, 0.29) is 17.7 Å². The van der Waals surface area contributed by atoms with Gasteiger partial charge in [0.15, 0.2) is 0 Å². The molecule has 2 amide bonds. The van der Waals surface area contributed by atoms with E-state index >= 15 is 0 Å². The van der Waals surface area contributed by atoms with Crippen LogP contribution in [0.1, 0.15) is 38.5 Å². The number of nitrogens with zero attached hydrogens (tertiary/aromatic N) is 5. The van der Waals surface area contributed by atoms with Gasteiger partial charge in [-0.15, -0.1) is 0 Å². The van der Waals surface area contributed by atoms with Gasteiger partial charge in [-0.2, -0.15) is 10.1 Å². The third kappa shape index (κ3) is 3.34. The molecule has 2 aliphatic heterocycles. The number of anilines is 1. The van der Waals surface area contributed by atoms with Crippen LogP contribution >= 0.6 is 0 Å². The van der Waals surface area contributed by atoms with Crippen molar-refractivity contribution >= 4 is 17.8 Å². The van der Waals surface area contributed by atoms with Gasteiger partial charge in [0.05, 0.1) is 5.92 Å². The highest BCUT2D eigenvalue weighted by Gasteiger charge is 2.37. The van der Waals surface area contributed by atoms with Gasteiger partial charge in [-0.1, -0.05) is 12.8 Å². The molecular weight excluding hydrogens is 320 g/mol. The van der Waals surface area contributed by atoms with E-state index in [1.807, 2.05) is 9.80 Å². The van der Waals surface area contributed by atoms with Crippen molar-refractivity contribution in [1.82, 2.24) is 25.0 Å². The topological polar surface area (TPSA) is 85.4 Å². The molecule has 1 atom stereocenters. The Bertz CT molecular complexity index is 605. The van der Waals surface area contributed by atoms with Crippen LogP contribution < -0.4 is 4.90 Å². The Morgan fingerprint density at radius 2 is 1.88 bits per heavy atom. The summed E-state index contributed by atoms with van der Waals surface area (Å²) in [7, 11) is 0. The van der Waals surface area contributed by atoms with Gasteiger partial charge in [-0.25, -0.2) is 5.10 Å². The molecule has 1 unspecified atom stereocenters. The number of carbonyl (C=O) groups is 2. The van der Waals surface area contributed by atoms with Crippen molar-refractivity contribution in [3.63, 3.8) is 0 Å². The van der Waals surface area contributed by atoms with Crippen LogP contribution in [0.15, 0.2) is 6.33 Å². The molecule has 1 N–H and O–H groups in total. The average molecular weight is 346 g/mol. The number of carbonyl (C=O) groups excluding carboxylic acids is 2. The van der Waals surface area contributed by atoms with Crippen LogP contribution in [0.3, 0.4) is 0 Å². The summed E-state index contributed by atoms with van der Waals surface area (Å²) in [6, 6.07) is 0.367. The summed E-state index contributed by atoms with van der Waals surface area (Å²) in [5.41, 5.74) is 0. The predicted octanol–water partition coefficient (Wildman–Crippen LogP) is 0.635. The number of piperazine rings is 1. The molecule has 4 rings (SSSR count). The standard InChI is InChI=1S/C17H26N6O2/c24-15-6-5-13(11-23(15)14-3-1-2-4-14)16(25)21-7-9-22(10-8-21)17-18-12-19-20-17/h12-14H,1-11H2,(H,18,19,20). The van der Waals surface area contributed by atoms with Gasteiger partial charge >= 0.3 is 0 Å². The van der Waals surface area contributed by atoms with Gasteiger partial charge in [-0.3, -0.25) is 9.59 Å². The monoisotopic (exact) mass is 346 g/mol. The minimum absolute atomic E-state index is 0.0323. The van der Waals surface area contributed by atoms with Crippen LogP contribution in [0, 0.1) is 5.92 Å². The highest BCUT2D eigenvalue weighted by molar-refractivity contribution is 5.84. The second-order valence-electron chi connectivity index (χ2n) is 7.34. The number of hydrogen-bond acceptors (Lipinski definition) is 5. The van der Waals surface area contributed by atoms with Crippen LogP contribution in [-0.2, 0) is 9.59 Å². The quantitative estimate of drug-likeness (QED) is 0.868. The van der Waals surface area contributed by atoms with Gasteiger partial charge < -0.3 is 14.7 Å². The van der Waals surface area contributed by atoms with Crippen LogP contribution in [0.2, 0.25) is 0 Å². The summed E-state index contributed by atoms with van der Waals surface area (Å²) in [6.45, 7) is 3.54. The Kier molecular flexibility index (Phi) is 4.59. The van der Waals surface area contributed by atoms with E-state index in [1.165, 1.54) is 19.2 Å². The van der Waals surface area contributed by atoms with E-state index in [4.69, 9.17) is 0 Å². The number of amides is 2. The first kappa shape index (κ1) is 16.4. The molecule has 3 aliphatic rings. The van der Waals surface area contributed by atoms with Crippen molar-refractivity contribution < 1.29 is 9.59 Å². The predicted molar refractivity (Wildman–Crippen MR) is 91.9 cm³/mol. The van der Waals surface area contributed by atoms with Crippen LogP contribution in [-0.4, -0.2) is 75.6 Å². The lowest BCUT2D eigenvalue weighted by Crippen LogP contribution is -2.54. The molecule has 136 valence electrons. The molecule has 8 nitrogen and oxygen atoms in total. The van der Waals surface area contributed by atoms with Crippen LogP contribution in [0.4, 0.5) is 5.95 Å². The molecule has 0 bridgehead atoms. The summed E-state index contributed by atoms with van der Waals surface area (Å²) in [5.74, 6) is 1.19. The van der Waals surface area contributed by atoms with E-state index in [2.05, 4.69) is 20.1 Å². The Balaban J connectivity index is 1.34. The molecule has 0 radical (unpaired) electrons. The van der Waals surface area contributed by atoms with Gasteiger partial charge in [0.25, 0.3) is 0 Å². The van der Waals surface area contributed by atoms with E-state index in [1.54, 1.807) is 0 Å². The average Bonchev–Trinajstić information content (AvgIpc) is 3.35. The number of hydrogen-bond donors (Lipinski definition) is 1. The molecule has 1 aliphatic carbocycles.